The van der Waals surface area contributed by atoms with Crippen LogP contribution in [0.1, 0.15) is 44.4 Å². The van der Waals surface area contributed by atoms with Crippen LogP contribution in [0.2, 0.25) is 0 Å². The van der Waals surface area contributed by atoms with Crippen molar-refractivity contribution in [3.63, 3.8) is 0 Å². The van der Waals surface area contributed by atoms with Crippen LogP contribution in [0.15, 0.2) is 18.2 Å². The van der Waals surface area contributed by atoms with Crippen LogP contribution in [0.3, 0.4) is 0 Å². The Morgan fingerprint density at radius 1 is 1.44 bits per heavy atom. The SMILES string of the molecule is CCNC1CCc2c(OCC(C)(C)O)cccc21. The lowest BCUT2D eigenvalue weighted by atomic mass is 10.1. The van der Waals surface area contributed by atoms with Crippen molar-refractivity contribution in [2.45, 2.75) is 45.3 Å². The second kappa shape index (κ2) is 5.29. The maximum absolute atomic E-state index is 9.73. The first kappa shape index (κ1) is 13.4. The van der Waals surface area contributed by atoms with Gasteiger partial charge in [0.2, 0.25) is 0 Å². The van der Waals surface area contributed by atoms with Gasteiger partial charge in [-0.1, -0.05) is 19.1 Å². The molecule has 1 aromatic rings. The van der Waals surface area contributed by atoms with Gasteiger partial charge >= 0.3 is 0 Å². The van der Waals surface area contributed by atoms with Crippen LogP contribution in [0.5, 0.6) is 5.75 Å². The lowest BCUT2D eigenvalue weighted by Gasteiger charge is -2.19. The third kappa shape index (κ3) is 3.03. The van der Waals surface area contributed by atoms with Gasteiger partial charge in [-0.25, -0.2) is 0 Å². The first-order valence-electron chi connectivity index (χ1n) is 6.71. The highest BCUT2D eigenvalue weighted by Crippen LogP contribution is 2.37. The molecule has 3 nitrogen and oxygen atoms in total. The lowest BCUT2D eigenvalue weighted by molar-refractivity contribution is 0.0282. The van der Waals surface area contributed by atoms with Gasteiger partial charge in [0.1, 0.15) is 12.4 Å². The summed E-state index contributed by atoms with van der Waals surface area (Å²) >= 11 is 0. The molecular formula is C15H23NO2. The highest BCUT2D eigenvalue weighted by Gasteiger charge is 2.25. The molecule has 1 atom stereocenters. The summed E-state index contributed by atoms with van der Waals surface area (Å²) in [4.78, 5) is 0. The van der Waals surface area contributed by atoms with Gasteiger partial charge in [-0.3, -0.25) is 0 Å². The highest BCUT2D eigenvalue weighted by molar-refractivity contribution is 5.45. The number of hydrogen-bond acceptors (Lipinski definition) is 3. The lowest BCUT2D eigenvalue weighted by Crippen LogP contribution is -2.28. The van der Waals surface area contributed by atoms with E-state index in [2.05, 4.69) is 18.3 Å². The van der Waals surface area contributed by atoms with Crippen molar-refractivity contribution in [3.8, 4) is 5.75 Å². The topological polar surface area (TPSA) is 41.5 Å². The summed E-state index contributed by atoms with van der Waals surface area (Å²) in [5, 5.41) is 13.2. The first-order valence-corrected chi connectivity index (χ1v) is 6.71. The molecule has 0 bridgehead atoms. The number of ether oxygens (including phenoxy) is 1. The van der Waals surface area contributed by atoms with Crippen molar-refractivity contribution in [1.82, 2.24) is 5.32 Å². The fourth-order valence-corrected chi connectivity index (χ4v) is 2.47. The Labute approximate surface area is 109 Å². The van der Waals surface area contributed by atoms with Gasteiger partial charge in [-0.2, -0.15) is 0 Å². The second-order valence-corrected chi connectivity index (χ2v) is 5.57. The molecule has 0 aromatic heterocycles. The third-order valence-corrected chi connectivity index (χ3v) is 3.26. The fourth-order valence-electron chi connectivity index (χ4n) is 2.47. The van der Waals surface area contributed by atoms with Crippen molar-refractivity contribution in [1.29, 1.82) is 0 Å². The van der Waals surface area contributed by atoms with E-state index in [1.165, 1.54) is 11.1 Å². The average Bonchev–Trinajstić information content (AvgIpc) is 2.70. The molecule has 2 rings (SSSR count). The van der Waals surface area contributed by atoms with E-state index in [4.69, 9.17) is 4.74 Å². The normalized spacial score (nSPS) is 18.8. The molecule has 0 saturated carbocycles. The highest BCUT2D eigenvalue weighted by atomic mass is 16.5. The summed E-state index contributed by atoms with van der Waals surface area (Å²) in [6.45, 7) is 6.97. The van der Waals surface area contributed by atoms with Gasteiger partial charge < -0.3 is 15.2 Å². The zero-order valence-electron chi connectivity index (χ0n) is 11.5. The van der Waals surface area contributed by atoms with Crippen molar-refractivity contribution in [3.05, 3.63) is 29.3 Å². The number of hydrogen-bond donors (Lipinski definition) is 2. The summed E-state index contributed by atoms with van der Waals surface area (Å²) in [7, 11) is 0. The minimum atomic E-state index is -0.789. The van der Waals surface area contributed by atoms with Crippen LogP contribution in [-0.2, 0) is 6.42 Å². The summed E-state index contributed by atoms with van der Waals surface area (Å²) in [6.07, 6.45) is 2.18. The standard InChI is InChI=1S/C15H23NO2/c1-4-16-13-9-8-12-11(13)6-5-7-14(12)18-10-15(2,3)17/h5-7,13,16-17H,4,8-10H2,1-3H3. The maximum atomic E-state index is 9.73. The fraction of sp³-hybridized carbons (Fsp3) is 0.600. The van der Waals surface area contributed by atoms with Crippen LogP contribution < -0.4 is 10.1 Å². The molecule has 0 aliphatic heterocycles. The van der Waals surface area contributed by atoms with Crippen molar-refractivity contribution in [2.75, 3.05) is 13.2 Å². The number of fused-ring (bicyclic) bond motifs is 1. The predicted molar refractivity (Wildman–Crippen MR) is 73.0 cm³/mol. The number of aliphatic hydroxyl groups is 1. The summed E-state index contributed by atoms with van der Waals surface area (Å²) in [5.74, 6) is 0.926. The zero-order valence-corrected chi connectivity index (χ0v) is 11.5. The quantitative estimate of drug-likeness (QED) is 0.842. The van der Waals surface area contributed by atoms with E-state index in [9.17, 15) is 5.11 Å². The van der Waals surface area contributed by atoms with Gasteiger partial charge in [0, 0.05) is 6.04 Å². The van der Waals surface area contributed by atoms with Gasteiger partial charge in [0.05, 0.1) is 5.60 Å². The molecule has 1 unspecified atom stereocenters. The molecule has 0 saturated heterocycles. The molecule has 100 valence electrons. The smallest absolute Gasteiger partial charge is 0.122 e. The molecule has 0 spiro atoms. The van der Waals surface area contributed by atoms with Crippen molar-refractivity contribution in [2.24, 2.45) is 0 Å². The Morgan fingerprint density at radius 3 is 2.89 bits per heavy atom. The zero-order chi connectivity index (χ0) is 13.2. The minimum absolute atomic E-state index is 0.329. The van der Waals surface area contributed by atoms with E-state index < -0.39 is 5.60 Å². The Morgan fingerprint density at radius 2 is 2.22 bits per heavy atom. The molecule has 2 N–H and O–H groups in total. The number of rotatable bonds is 5. The number of benzene rings is 1. The van der Waals surface area contributed by atoms with Crippen LogP contribution in [0.25, 0.3) is 0 Å². The molecule has 1 aliphatic carbocycles. The molecular weight excluding hydrogens is 226 g/mol. The molecule has 0 amide bonds. The van der Waals surface area contributed by atoms with Gasteiger partial charge in [0.15, 0.2) is 0 Å². The second-order valence-electron chi connectivity index (χ2n) is 5.57. The summed E-state index contributed by atoms with van der Waals surface area (Å²) < 4.78 is 5.76. The Balaban J connectivity index is 2.14. The molecule has 1 aliphatic rings. The Kier molecular flexibility index (Phi) is 3.93. The van der Waals surface area contributed by atoms with E-state index >= 15 is 0 Å². The molecule has 1 aromatic carbocycles. The van der Waals surface area contributed by atoms with E-state index in [-0.39, 0.29) is 0 Å². The van der Waals surface area contributed by atoms with Crippen molar-refractivity contribution < 1.29 is 9.84 Å². The average molecular weight is 249 g/mol. The minimum Gasteiger partial charge on any atom is -0.490 e. The van der Waals surface area contributed by atoms with Crippen LogP contribution in [0, 0.1) is 0 Å². The van der Waals surface area contributed by atoms with Crippen LogP contribution in [-0.4, -0.2) is 23.9 Å². The first-order chi connectivity index (χ1) is 8.51. The van der Waals surface area contributed by atoms with Gasteiger partial charge in [-0.15, -0.1) is 0 Å². The van der Waals surface area contributed by atoms with Gasteiger partial charge in [-0.05, 0) is 50.4 Å². The van der Waals surface area contributed by atoms with Crippen molar-refractivity contribution >= 4 is 0 Å². The molecule has 18 heavy (non-hydrogen) atoms. The predicted octanol–water partition coefficient (Wildman–Crippen LogP) is 2.43. The monoisotopic (exact) mass is 249 g/mol. The van der Waals surface area contributed by atoms with E-state index in [1.54, 1.807) is 13.8 Å². The summed E-state index contributed by atoms with van der Waals surface area (Å²) in [5.41, 5.74) is 1.86. The van der Waals surface area contributed by atoms with Crippen LogP contribution >= 0.6 is 0 Å². The molecule has 0 heterocycles. The molecule has 0 radical (unpaired) electrons. The van der Waals surface area contributed by atoms with E-state index in [1.807, 2.05) is 12.1 Å². The van der Waals surface area contributed by atoms with E-state index in [0.717, 1.165) is 25.1 Å². The van der Waals surface area contributed by atoms with Gasteiger partial charge in [0.25, 0.3) is 0 Å². The molecule has 0 fully saturated rings. The van der Waals surface area contributed by atoms with E-state index in [0.29, 0.717) is 12.6 Å². The Bertz CT molecular complexity index is 409. The summed E-state index contributed by atoms with van der Waals surface area (Å²) in [6, 6.07) is 6.66. The molecule has 3 heteroatoms. The maximum Gasteiger partial charge on any atom is 0.122 e. The van der Waals surface area contributed by atoms with Crippen LogP contribution in [0.4, 0.5) is 0 Å². The third-order valence-electron chi connectivity index (χ3n) is 3.26. The largest absolute Gasteiger partial charge is 0.490 e. The number of nitrogens with one attached hydrogen (secondary N) is 1. The Hall–Kier alpha value is -1.06.